The molecule has 3 amide bonds. The van der Waals surface area contributed by atoms with Gasteiger partial charge >= 0.3 is 0 Å². The van der Waals surface area contributed by atoms with Gasteiger partial charge in [0.25, 0.3) is 0 Å². The van der Waals surface area contributed by atoms with Gasteiger partial charge in [-0.15, -0.1) is 0 Å². The molecule has 1 aromatic rings. The van der Waals surface area contributed by atoms with E-state index in [1.54, 1.807) is 6.20 Å². The molecule has 1 aromatic heterocycles. The molecule has 1 spiro atoms. The molecule has 144 valence electrons. The van der Waals surface area contributed by atoms with E-state index in [9.17, 15) is 14.4 Å². The second-order valence-electron chi connectivity index (χ2n) is 8.35. The molecule has 7 nitrogen and oxygen atoms in total. The summed E-state index contributed by atoms with van der Waals surface area (Å²) in [5.41, 5.74) is 5.31. The Morgan fingerprint density at radius 3 is 2.63 bits per heavy atom. The summed E-state index contributed by atoms with van der Waals surface area (Å²) in [6.07, 6.45) is 6.04. The molecule has 7 heteroatoms. The van der Waals surface area contributed by atoms with Crippen molar-refractivity contribution >= 4 is 17.7 Å². The number of nitrogens with two attached hydrogens (primary N) is 1. The van der Waals surface area contributed by atoms with Gasteiger partial charge in [0.05, 0.1) is 12.2 Å². The second-order valence-corrected chi connectivity index (χ2v) is 8.35. The first-order chi connectivity index (χ1) is 12.9. The van der Waals surface area contributed by atoms with Crippen LogP contribution in [0.3, 0.4) is 0 Å². The zero-order chi connectivity index (χ0) is 19.1. The normalized spacial score (nSPS) is 26.9. The van der Waals surface area contributed by atoms with Crippen molar-refractivity contribution in [3.8, 4) is 0 Å². The molecule has 1 atom stereocenters. The Morgan fingerprint density at radius 1 is 1.15 bits per heavy atom. The first-order valence-electron chi connectivity index (χ1n) is 9.71. The van der Waals surface area contributed by atoms with E-state index >= 15 is 0 Å². The van der Waals surface area contributed by atoms with Gasteiger partial charge in [-0.25, -0.2) is 0 Å². The lowest BCUT2D eigenvalue weighted by Gasteiger charge is -2.48. The highest BCUT2D eigenvalue weighted by atomic mass is 16.2. The van der Waals surface area contributed by atoms with Crippen molar-refractivity contribution in [3.63, 3.8) is 0 Å². The molecule has 1 saturated carbocycles. The largest absolute Gasteiger partial charge is 0.369 e. The summed E-state index contributed by atoms with van der Waals surface area (Å²) < 4.78 is 0. The number of aromatic nitrogens is 1. The molecule has 0 aromatic carbocycles. The fraction of sp³-hybridized carbons (Fsp3) is 0.600. The van der Waals surface area contributed by atoms with Gasteiger partial charge in [-0.05, 0) is 44.2 Å². The van der Waals surface area contributed by atoms with Crippen molar-refractivity contribution in [1.29, 1.82) is 0 Å². The van der Waals surface area contributed by atoms with Crippen LogP contribution in [0.2, 0.25) is 0 Å². The number of hydrogen-bond acceptors (Lipinski definition) is 4. The summed E-state index contributed by atoms with van der Waals surface area (Å²) in [5, 5.41) is 0. The highest BCUT2D eigenvalue weighted by molar-refractivity contribution is 6.07. The highest BCUT2D eigenvalue weighted by Crippen LogP contribution is 2.48. The fourth-order valence-electron chi connectivity index (χ4n) is 4.64. The van der Waals surface area contributed by atoms with Crippen LogP contribution in [0.25, 0.3) is 0 Å². The number of rotatable bonds is 4. The predicted octanol–water partition coefficient (Wildman–Crippen LogP) is 1.08. The number of hydrogen-bond donors (Lipinski definition) is 1. The van der Waals surface area contributed by atoms with Crippen molar-refractivity contribution in [3.05, 3.63) is 30.1 Å². The van der Waals surface area contributed by atoms with Gasteiger partial charge in [0.15, 0.2) is 0 Å². The minimum atomic E-state index is -0.962. The van der Waals surface area contributed by atoms with Crippen LogP contribution in [-0.2, 0) is 20.9 Å². The maximum Gasteiger partial charge on any atom is 0.238 e. The zero-order valence-electron chi connectivity index (χ0n) is 15.5. The van der Waals surface area contributed by atoms with Crippen LogP contribution in [0.4, 0.5) is 0 Å². The van der Waals surface area contributed by atoms with Crippen molar-refractivity contribution in [1.82, 2.24) is 14.8 Å². The third-order valence-corrected chi connectivity index (χ3v) is 6.41. The molecule has 0 radical (unpaired) electrons. The summed E-state index contributed by atoms with van der Waals surface area (Å²) in [4.78, 5) is 45.2. The maximum absolute atomic E-state index is 12.9. The number of carbonyl (C=O) groups excluding carboxylic acids is 3. The molecule has 3 aliphatic rings. The van der Waals surface area contributed by atoms with Crippen molar-refractivity contribution in [2.45, 2.75) is 45.1 Å². The Hall–Kier alpha value is -2.44. The van der Waals surface area contributed by atoms with E-state index in [0.717, 1.165) is 25.0 Å². The lowest BCUT2D eigenvalue weighted by atomic mass is 9.73. The minimum Gasteiger partial charge on any atom is -0.369 e. The molecule has 0 bridgehead atoms. The average molecular weight is 370 g/mol. The van der Waals surface area contributed by atoms with E-state index in [0.29, 0.717) is 45.4 Å². The van der Waals surface area contributed by atoms with Crippen molar-refractivity contribution < 1.29 is 14.4 Å². The Bertz CT molecular complexity index is 762. The van der Waals surface area contributed by atoms with Gasteiger partial charge in [0.1, 0.15) is 5.41 Å². The van der Waals surface area contributed by atoms with E-state index in [4.69, 9.17) is 5.73 Å². The third-order valence-electron chi connectivity index (χ3n) is 6.41. The number of likely N-dealkylation sites (tertiary alicyclic amines) is 2. The summed E-state index contributed by atoms with van der Waals surface area (Å²) >= 11 is 0. The van der Waals surface area contributed by atoms with E-state index < -0.39 is 11.3 Å². The summed E-state index contributed by atoms with van der Waals surface area (Å²) in [7, 11) is 0. The molecule has 2 saturated heterocycles. The first-order valence-corrected chi connectivity index (χ1v) is 9.71. The van der Waals surface area contributed by atoms with Gasteiger partial charge in [-0.3, -0.25) is 19.4 Å². The summed E-state index contributed by atoms with van der Waals surface area (Å²) in [6.45, 7) is 2.41. The van der Waals surface area contributed by atoms with Gasteiger partial charge in [-0.1, -0.05) is 6.07 Å². The average Bonchev–Trinajstić information content (AvgIpc) is 3.47. The quantitative estimate of drug-likeness (QED) is 0.802. The predicted molar refractivity (Wildman–Crippen MR) is 98.0 cm³/mol. The number of primary amides is 1. The lowest BCUT2D eigenvalue weighted by molar-refractivity contribution is -0.149. The minimum absolute atomic E-state index is 0.0929. The molecule has 1 aliphatic carbocycles. The Morgan fingerprint density at radius 2 is 1.96 bits per heavy atom. The van der Waals surface area contributed by atoms with Gasteiger partial charge in [-0.2, -0.15) is 0 Å². The van der Waals surface area contributed by atoms with E-state index in [1.807, 2.05) is 28.0 Å². The van der Waals surface area contributed by atoms with Crippen LogP contribution in [0, 0.1) is 10.8 Å². The highest BCUT2D eigenvalue weighted by Gasteiger charge is 2.58. The topological polar surface area (TPSA) is 96.6 Å². The SMILES string of the molecule is NC(=O)C1(C(=O)N2CCCC3(CCC(=O)N(Cc4ccccn4)C3)C2)CC1. The maximum atomic E-state index is 12.9. The van der Waals surface area contributed by atoms with Crippen molar-refractivity contribution in [2.24, 2.45) is 16.6 Å². The smallest absolute Gasteiger partial charge is 0.238 e. The van der Waals surface area contributed by atoms with Gasteiger partial charge in [0.2, 0.25) is 17.7 Å². The Balaban J connectivity index is 1.48. The second kappa shape index (κ2) is 6.62. The zero-order valence-corrected chi connectivity index (χ0v) is 15.5. The first kappa shape index (κ1) is 17.9. The van der Waals surface area contributed by atoms with E-state index in [1.165, 1.54) is 0 Å². The molecule has 3 heterocycles. The monoisotopic (exact) mass is 370 g/mol. The van der Waals surface area contributed by atoms with Crippen LogP contribution in [0.1, 0.15) is 44.2 Å². The molecule has 2 N–H and O–H groups in total. The molecular formula is C20H26N4O3. The fourth-order valence-corrected chi connectivity index (χ4v) is 4.64. The van der Waals surface area contributed by atoms with Crippen LogP contribution in [0.15, 0.2) is 24.4 Å². The standard InChI is InChI=1S/C20H26N4O3/c21-17(26)20(8-9-20)18(27)23-11-3-6-19(13-23)7-5-16(25)24(14-19)12-15-4-1-2-10-22-15/h1-2,4,10H,3,5-9,11-14H2,(H2,21,26). The number of carbonyl (C=O) groups is 3. The molecule has 27 heavy (non-hydrogen) atoms. The molecular weight excluding hydrogens is 344 g/mol. The number of amides is 3. The van der Waals surface area contributed by atoms with Crippen LogP contribution < -0.4 is 5.73 Å². The number of pyridine rings is 1. The van der Waals surface area contributed by atoms with Crippen LogP contribution in [-0.4, -0.2) is 52.1 Å². The summed E-state index contributed by atoms with van der Waals surface area (Å²) in [5.74, 6) is -0.462. The lowest BCUT2D eigenvalue weighted by Crippen LogP contribution is -2.56. The van der Waals surface area contributed by atoms with Crippen LogP contribution >= 0.6 is 0 Å². The molecule has 4 rings (SSSR count). The number of nitrogens with zero attached hydrogens (tertiary/aromatic N) is 3. The van der Waals surface area contributed by atoms with E-state index in [2.05, 4.69) is 4.98 Å². The number of piperidine rings is 2. The van der Waals surface area contributed by atoms with Crippen LogP contribution in [0.5, 0.6) is 0 Å². The van der Waals surface area contributed by atoms with Crippen molar-refractivity contribution in [2.75, 3.05) is 19.6 Å². The Kier molecular flexibility index (Phi) is 4.40. The molecule has 1 unspecified atom stereocenters. The molecule has 3 fully saturated rings. The van der Waals surface area contributed by atoms with Gasteiger partial charge in [0, 0.05) is 37.7 Å². The third kappa shape index (κ3) is 3.31. The molecule has 2 aliphatic heterocycles. The van der Waals surface area contributed by atoms with Gasteiger partial charge < -0.3 is 15.5 Å². The Labute approximate surface area is 158 Å². The summed E-state index contributed by atoms with van der Waals surface area (Å²) in [6, 6.07) is 5.71. The van der Waals surface area contributed by atoms with E-state index in [-0.39, 0.29) is 17.2 Å².